The maximum Gasteiger partial charge on any atom is 0.495 e. The van der Waals surface area contributed by atoms with Gasteiger partial charge in [0.1, 0.15) is 5.75 Å². The molecule has 21 heavy (non-hydrogen) atoms. The number of rotatable bonds is 1. The molecule has 3 rings (SSSR count). The number of benzene rings is 2. The molecule has 0 atom stereocenters. The van der Waals surface area contributed by atoms with Gasteiger partial charge in [-0.2, -0.15) is 0 Å². The van der Waals surface area contributed by atoms with Crippen LogP contribution in [0.5, 0.6) is 5.75 Å². The lowest BCUT2D eigenvalue weighted by Crippen LogP contribution is -2.41. The quantitative estimate of drug-likeness (QED) is 0.817. The minimum Gasteiger partial charge on any atom is -0.507 e. The monoisotopic (exact) mass is 284 g/mol. The number of aryl methyl sites for hydroxylation is 1. The average Bonchev–Trinajstić information content (AvgIpc) is 2.59. The molecule has 4 heteroatoms. The highest BCUT2D eigenvalue weighted by Crippen LogP contribution is 2.37. The van der Waals surface area contributed by atoms with E-state index in [0.29, 0.717) is 0 Å². The minimum atomic E-state index is -0.416. The topological polar surface area (TPSA) is 38.7 Å². The summed E-state index contributed by atoms with van der Waals surface area (Å²) >= 11 is 0. The Bertz CT molecular complexity index is 690. The van der Waals surface area contributed by atoms with Crippen LogP contribution in [-0.4, -0.2) is 23.4 Å². The molecule has 0 aromatic heterocycles. The van der Waals surface area contributed by atoms with Crippen LogP contribution in [0.1, 0.15) is 33.3 Å². The van der Waals surface area contributed by atoms with Crippen molar-refractivity contribution in [3.05, 3.63) is 35.9 Å². The SMILES string of the molecule is Cc1ccc2c(B3OC(C)(C)C(C)(C)O3)ccc(O)c2c1. The van der Waals surface area contributed by atoms with Gasteiger partial charge in [0.15, 0.2) is 0 Å². The van der Waals surface area contributed by atoms with Gasteiger partial charge in [-0.1, -0.05) is 23.8 Å². The average molecular weight is 284 g/mol. The summed E-state index contributed by atoms with van der Waals surface area (Å²) in [5, 5.41) is 11.9. The van der Waals surface area contributed by atoms with Gasteiger partial charge in [0.25, 0.3) is 0 Å². The van der Waals surface area contributed by atoms with E-state index >= 15 is 0 Å². The first kappa shape index (κ1) is 14.4. The van der Waals surface area contributed by atoms with E-state index in [4.69, 9.17) is 9.31 Å². The second-order valence-electron chi connectivity index (χ2n) is 6.81. The third-order valence-corrected chi connectivity index (χ3v) is 4.69. The second kappa shape index (κ2) is 4.49. The highest BCUT2D eigenvalue weighted by molar-refractivity contribution is 6.65. The molecule has 0 amide bonds. The van der Waals surface area contributed by atoms with Crippen molar-refractivity contribution in [2.45, 2.75) is 45.8 Å². The van der Waals surface area contributed by atoms with E-state index in [-0.39, 0.29) is 17.0 Å². The van der Waals surface area contributed by atoms with Crippen molar-refractivity contribution in [1.82, 2.24) is 0 Å². The van der Waals surface area contributed by atoms with Crippen LogP contribution in [0.4, 0.5) is 0 Å². The predicted octanol–water partition coefficient (Wildman–Crippen LogP) is 3.15. The molecule has 1 fully saturated rings. The number of fused-ring (bicyclic) bond motifs is 1. The summed E-state index contributed by atoms with van der Waals surface area (Å²) in [6.45, 7) is 10.2. The Morgan fingerprint density at radius 1 is 0.905 bits per heavy atom. The molecule has 1 heterocycles. The Kier molecular flexibility index (Phi) is 3.08. The summed E-state index contributed by atoms with van der Waals surface area (Å²) in [5.74, 6) is 0.286. The molecule has 2 aromatic rings. The summed E-state index contributed by atoms with van der Waals surface area (Å²) in [5.41, 5.74) is 1.34. The number of phenols is 1. The van der Waals surface area contributed by atoms with Crippen molar-refractivity contribution in [3.8, 4) is 5.75 Å². The van der Waals surface area contributed by atoms with Gasteiger partial charge in [-0.3, -0.25) is 0 Å². The molecule has 1 saturated heterocycles. The molecule has 0 bridgehead atoms. The van der Waals surface area contributed by atoms with Gasteiger partial charge >= 0.3 is 7.12 Å². The van der Waals surface area contributed by atoms with Crippen LogP contribution in [0.25, 0.3) is 10.8 Å². The van der Waals surface area contributed by atoms with E-state index in [1.165, 1.54) is 0 Å². The summed E-state index contributed by atoms with van der Waals surface area (Å²) in [7, 11) is -0.416. The Hall–Kier alpha value is -1.52. The minimum absolute atomic E-state index is 0.286. The Morgan fingerprint density at radius 2 is 1.52 bits per heavy atom. The van der Waals surface area contributed by atoms with Crippen LogP contribution < -0.4 is 5.46 Å². The van der Waals surface area contributed by atoms with Crippen molar-refractivity contribution < 1.29 is 14.4 Å². The van der Waals surface area contributed by atoms with Gasteiger partial charge in [-0.15, -0.1) is 0 Å². The summed E-state index contributed by atoms with van der Waals surface area (Å²) in [6, 6.07) is 9.64. The lowest BCUT2D eigenvalue weighted by molar-refractivity contribution is 0.00578. The van der Waals surface area contributed by atoms with Crippen molar-refractivity contribution >= 4 is 23.4 Å². The number of aromatic hydroxyl groups is 1. The first-order valence-electron chi connectivity index (χ1n) is 7.29. The Balaban J connectivity index is 2.13. The van der Waals surface area contributed by atoms with E-state index in [1.807, 2.05) is 58.9 Å². The Labute approximate surface area is 126 Å². The van der Waals surface area contributed by atoms with Crippen molar-refractivity contribution in [2.24, 2.45) is 0 Å². The number of phenolic OH excluding ortho intramolecular Hbond substituents is 1. The molecule has 0 radical (unpaired) electrons. The molecule has 1 N–H and O–H groups in total. The van der Waals surface area contributed by atoms with Crippen LogP contribution in [0.2, 0.25) is 0 Å². The molecular weight excluding hydrogens is 263 g/mol. The zero-order valence-electron chi connectivity index (χ0n) is 13.2. The lowest BCUT2D eigenvalue weighted by Gasteiger charge is -2.32. The molecule has 0 aliphatic carbocycles. The third kappa shape index (κ3) is 2.23. The van der Waals surface area contributed by atoms with Crippen molar-refractivity contribution in [3.63, 3.8) is 0 Å². The van der Waals surface area contributed by atoms with Crippen molar-refractivity contribution in [1.29, 1.82) is 0 Å². The molecule has 1 aliphatic heterocycles. The van der Waals surface area contributed by atoms with Crippen LogP contribution >= 0.6 is 0 Å². The normalized spacial score (nSPS) is 20.1. The zero-order chi connectivity index (χ0) is 15.4. The maximum absolute atomic E-state index is 10.1. The van der Waals surface area contributed by atoms with E-state index < -0.39 is 7.12 Å². The second-order valence-corrected chi connectivity index (χ2v) is 6.81. The largest absolute Gasteiger partial charge is 0.507 e. The maximum atomic E-state index is 10.1. The highest BCUT2D eigenvalue weighted by atomic mass is 16.7. The van der Waals surface area contributed by atoms with Gasteiger partial charge in [0, 0.05) is 5.39 Å². The number of hydrogen-bond donors (Lipinski definition) is 1. The van der Waals surface area contributed by atoms with E-state index in [1.54, 1.807) is 6.07 Å². The van der Waals surface area contributed by atoms with Gasteiger partial charge in [0.05, 0.1) is 11.2 Å². The lowest BCUT2D eigenvalue weighted by atomic mass is 9.76. The first-order chi connectivity index (χ1) is 9.71. The van der Waals surface area contributed by atoms with E-state index in [0.717, 1.165) is 21.8 Å². The highest BCUT2D eigenvalue weighted by Gasteiger charge is 2.52. The molecule has 0 unspecified atom stereocenters. The molecule has 3 nitrogen and oxygen atoms in total. The third-order valence-electron chi connectivity index (χ3n) is 4.69. The van der Waals surface area contributed by atoms with Gasteiger partial charge in [-0.25, -0.2) is 0 Å². The smallest absolute Gasteiger partial charge is 0.495 e. The summed E-state index contributed by atoms with van der Waals surface area (Å²) in [6.07, 6.45) is 0. The van der Waals surface area contributed by atoms with Crippen LogP contribution in [-0.2, 0) is 9.31 Å². The molecule has 0 saturated carbocycles. The van der Waals surface area contributed by atoms with E-state index in [9.17, 15) is 5.11 Å². The molecular formula is C17H21BO3. The zero-order valence-corrected chi connectivity index (χ0v) is 13.2. The molecule has 2 aromatic carbocycles. The van der Waals surface area contributed by atoms with Gasteiger partial charge < -0.3 is 14.4 Å². The van der Waals surface area contributed by atoms with Crippen LogP contribution in [0.3, 0.4) is 0 Å². The van der Waals surface area contributed by atoms with Crippen LogP contribution in [0.15, 0.2) is 30.3 Å². The van der Waals surface area contributed by atoms with E-state index in [2.05, 4.69) is 0 Å². The Morgan fingerprint density at radius 3 is 2.14 bits per heavy atom. The van der Waals surface area contributed by atoms with Crippen molar-refractivity contribution in [2.75, 3.05) is 0 Å². The van der Waals surface area contributed by atoms with Gasteiger partial charge in [-0.05, 0) is 57.6 Å². The molecule has 0 spiro atoms. The molecule has 1 aliphatic rings. The fourth-order valence-corrected chi connectivity index (χ4v) is 2.65. The standard InChI is InChI=1S/C17H21BO3/c1-11-6-7-12-13(10-11)15(19)9-8-14(12)18-20-16(2,3)17(4,5)21-18/h6-10,19H,1-5H3. The summed E-state index contributed by atoms with van der Waals surface area (Å²) < 4.78 is 12.2. The fraction of sp³-hybridized carbons (Fsp3) is 0.412. The molecule has 110 valence electrons. The summed E-state index contributed by atoms with van der Waals surface area (Å²) in [4.78, 5) is 0. The van der Waals surface area contributed by atoms with Crippen LogP contribution in [0, 0.1) is 6.92 Å². The fourth-order valence-electron chi connectivity index (χ4n) is 2.65. The first-order valence-corrected chi connectivity index (χ1v) is 7.29. The predicted molar refractivity (Wildman–Crippen MR) is 86.1 cm³/mol. The van der Waals surface area contributed by atoms with Gasteiger partial charge in [0.2, 0.25) is 0 Å². The number of hydrogen-bond acceptors (Lipinski definition) is 3.